The van der Waals surface area contributed by atoms with Crippen molar-refractivity contribution in [2.24, 2.45) is 5.92 Å². The lowest BCUT2D eigenvalue weighted by molar-refractivity contribution is 0.161. The Morgan fingerprint density at radius 1 is 1.24 bits per heavy atom. The zero-order valence-corrected chi connectivity index (χ0v) is 14.3. The van der Waals surface area contributed by atoms with Gasteiger partial charge in [-0.1, -0.05) is 15.9 Å². The molecule has 2 fully saturated rings. The number of nitrogens with zero attached hydrogens (tertiary/aromatic N) is 1. The molecule has 4 heteroatoms. The lowest BCUT2D eigenvalue weighted by Crippen LogP contribution is -2.43. The number of halogens is 1. The van der Waals surface area contributed by atoms with E-state index in [1.54, 1.807) is 0 Å². The number of nitrogens with one attached hydrogen (secondary N) is 1. The van der Waals surface area contributed by atoms with Crippen LogP contribution in [0.3, 0.4) is 0 Å². The average molecular weight is 353 g/mol. The van der Waals surface area contributed by atoms with Crippen LogP contribution in [0.5, 0.6) is 5.75 Å². The average Bonchev–Trinajstić information content (AvgIpc) is 3.30. The van der Waals surface area contributed by atoms with Gasteiger partial charge >= 0.3 is 0 Å². The molecule has 21 heavy (non-hydrogen) atoms. The highest BCUT2D eigenvalue weighted by molar-refractivity contribution is 9.10. The molecule has 0 amide bonds. The molecule has 1 aliphatic carbocycles. The van der Waals surface area contributed by atoms with Gasteiger partial charge in [-0.25, -0.2) is 0 Å². The highest BCUT2D eigenvalue weighted by Gasteiger charge is 2.34. The van der Waals surface area contributed by atoms with Crippen molar-refractivity contribution in [1.29, 1.82) is 0 Å². The van der Waals surface area contributed by atoms with Crippen LogP contribution in [0.25, 0.3) is 0 Å². The summed E-state index contributed by atoms with van der Waals surface area (Å²) in [5.41, 5.74) is 0. The maximum atomic E-state index is 5.88. The lowest BCUT2D eigenvalue weighted by atomic mass is 10.1. The predicted molar refractivity (Wildman–Crippen MR) is 89.8 cm³/mol. The van der Waals surface area contributed by atoms with E-state index < -0.39 is 0 Å². The molecule has 1 saturated carbocycles. The van der Waals surface area contributed by atoms with Crippen molar-refractivity contribution in [1.82, 2.24) is 10.2 Å². The third kappa shape index (κ3) is 4.44. The van der Waals surface area contributed by atoms with Crippen molar-refractivity contribution in [2.75, 3.05) is 26.2 Å². The zero-order valence-electron chi connectivity index (χ0n) is 12.7. The Labute approximate surface area is 136 Å². The molecule has 116 valence electrons. The van der Waals surface area contributed by atoms with Gasteiger partial charge in [-0.3, -0.25) is 4.90 Å². The van der Waals surface area contributed by atoms with Crippen molar-refractivity contribution >= 4 is 15.9 Å². The summed E-state index contributed by atoms with van der Waals surface area (Å²) >= 11 is 3.45. The Morgan fingerprint density at radius 3 is 2.71 bits per heavy atom. The molecule has 0 bridgehead atoms. The second-order valence-corrected chi connectivity index (χ2v) is 7.25. The van der Waals surface area contributed by atoms with E-state index in [0.717, 1.165) is 35.8 Å². The molecule has 2 aliphatic rings. The third-order valence-electron chi connectivity index (χ3n) is 4.68. The summed E-state index contributed by atoms with van der Waals surface area (Å²) < 4.78 is 6.97. The van der Waals surface area contributed by atoms with Gasteiger partial charge in [0.15, 0.2) is 0 Å². The molecule has 2 atom stereocenters. The van der Waals surface area contributed by atoms with Crippen LogP contribution in [-0.2, 0) is 0 Å². The van der Waals surface area contributed by atoms with Crippen LogP contribution >= 0.6 is 15.9 Å². The number of rotatable bonds is 5. The van der Waals surface area contributed by atoms with Gasteiger partial charge in [-0.2, -0.15) is 0 Å². The minimum atomic E-state index is 0.648. The summed E-state index contributed by atoms with van der Waals surface area (Å²) in [6.07, 6.45) is 4.06. The SMILES string of the molecule is CC1CCNC(C2CC2)CN1CCOc1ccc(Br)cc1. The van der Waals surface area contributed by atoms with Crippen molar-refractivity contribution < 1.29 is 4.74 Å². The van der Waals surface area contributed by atoms with Gasteiger partial charge in [-0.15, -0.1) is 0 Å². The maximum absolute atomic E-state index is 5.88. The first-order valence-electron chi connectivity index (χ1n) is 8.08. The largest absolute Gasteiger partial charge is 0.492 e. The van der Waals surface area contributed by atoms with E-state index in [1.165, 1.54) is 25.8 Å². The van der Waals surface area contributed by atoms with Gasteiger partial charge < -0.3 is 10.1 Å². The molecule has 0 spiro atoms. The normalized spacial score (nSPS) is 27.3. The third-order valence-corrected chi connectivity index (χ3v) is 5.20. The lowest BCUT2D eigenvalue weighted by Gasteiger charge is -2.29. The molecule has 1 aromatic rings. The van der Waals surface area contributed by atoms with Crippen LogP contribution < -0.4 is 10.1 Å². The van der Waals surface area contributed by atoms with Crippen molar-refractivity contribution in [2.45, 2.75) is 38.3 Å². The number of hydrogen-bond donors (Lipinski definition) is 1. The Balaban J connectivity index is 1.48. The molecule has 1 aliphatic heterocycles. The van der Waals surface area contributed by atoms with Crippen LogP contribution in [0.4, 0.5) is 0 Å². The van der Waals surface area contributed by atoms with E-state index in [0.29, 0.717) is 12.1 Å². The minimum Gasteiger partial charge on any atom is -0.492 e. The van der Waals surface area contributed by atoms with E-state index in [2.05, 4.69) is 33.1 Å². The standard InChI is InChI=1S/C17H25BrN2O/c1-13-8-9-19-17(14-2-3-14)12-20(13)10-11-21-16-6-4-15(18)5-7-16/h4-7,13-14,17,19H,2-3,8-12H2,1H3. The summed E-state index contributed by atoms with van der Waals surface area (Å²) in [5, 5.41) is 3.73. The summed E-state index contributed by atoms with van der Waals surface area (Å²) in [6.45, 7) is 6.46. The smallest absolute Gasteiger partial charge is 0.119 e. The highest BCUT2D eigenvalue weighted by Crippen LogP contribution is 2.34. The van der Waals surface area contributed by atoms with Crippen LogP contribution in [0.15, 0.2) is 28.7 Å². The molecule has 2 unspecified atom stereocenters. The Bertz CT molecular complexity index is 447. The summed E-state index contributed by atoms with van der Waals surface area (Å²) in [7, 11) is 0. The summed E-state index contributed by atoms with van der Waals surface area (Å²) in [6, 6.07) is 9.43. The molecule has 0 aromatic heterocycles. The molecule has 0 radical (unpaired) electrons. The summed E-state index contributed by atoms with van der Waals surface area (Å²) in [4.78, 5) is 2.60. The number of hydrogen-bond acceptors (Lipinski definition) is 3. The fourth-order valence-electron chi connectivity index (χ4n) is 3.09. The van der Waals surface area contributed by atoms with Gasteiger partial charge in [0.2, 0.25) is 0 Å². The van der Waals surface area contributed by atoms with E-state index in [9.17, 15) is 0 Å². The molecule has 1 heterocycles. The van der Waals surface area contributed by atoms with E-state index in [4.69, 9.17) is 4.74 Å². The topological polar surface area (TPSA) is 24.5 Å². The molecular weight excluding hydrogens is 328 g/mol. The van der Waals surface area contributed by atoms with Gasteiger partial charge in [-0.05, 0) is 62.9 Å². The van der Waals surface area contributed by atoms with Gasteiger partial charge in [0, 0.05) is 29.6 Å². The van der Waals surface area contributed by atoms with Crippen LogP contribution in [0.2, 0.25) is 0 Å². The summed E-state index contributed by atoms with van der Waals surface area (Å²) in [5.74, 6) is 1.88. The van der Waals surface area contributed by atoms with Crippen LogP contribution in [0, 0.1) is 5.92 Å². The first-order chi connectivity index (χ1) is 10.2. The molecule has 3 nitrogen and oxygen atoms in total. The first-order valence-corrected chi connectivity index (χ1v) is 8.87. The molecule has 1 aromatic carbocycles. The second-order valence-electron chi connectivity index (χ2n) is 6.33. The maximum Gasteiger partial charge on any atom is 0.119 e. The minimum absolute atomic E-state index is 0.648. The van der Waals surface area contributed by atoms with Gasteiger partial charge in [0.1, 0.15) is 12.4 Å². The first kappa shape index (κ1) is 15.3. The Morgan fingerprint density at radius 2 is 2.00 bits per heavy atom. The quantitative estimate of drug-likeness (QED) is 0.879. The zero-order chi connectivity index (χ0) is 14.7. The molecule has 3 rings (SSSR count). The van der Waals surface area contributed by atoms with Crippen molar-refractivity contribution in [3.8, 4) is 5.75 Å². The monoisotopic (exact) mass is 352 g/mol. The van der Waals surface area contributed by atoms with Crippen molar-refractivity contribution in [3.05, 3.63) is 28.7 Å². The van der Waals surface area contributed by atoms with Crippen molar-refractivity contribution in [3.63, 3.8) is 0 Å². The fourth-order valence-corrected chi connectivity index (χ4v) is 3.36. The Kier molecular flexibility index (Phi) is 5.19. The van der Waals surface area contributed by atoms with Crippen LogP contribution in [-0.4, -0.2) is 43.2 Å². The number of ether oxygens (including phenoxy) is 1. The van der Waals surface area contributed by atoms with Gasteiger partial charge in [0.25, 0.3) is 0 Å². The second kappa shape index (κ2) is 7.12. The fraction of sp³-hybridized carbons (Fsp3) is 0.647. The predicted octanol–water partition coefficient (Wildman–Crippen LogP) is 3.29. The van der Waals surface area contributed by atoms with Gasteiger partial charge in [0.05, 0.1) is 0 Å². The molecular formula is C17H25BrN2O. The van der Waals surface area contributed by atoms with E-state index in [-0.39, 0.29) is 0 Å². The molecule has 1 saturated heterocycles. The number of benzene rings is 1. The Hall–Kier alpha value is -0.580. The van der Waals surface area contributed by atoms with E-state index >= 15 is 0 Å². The van der Waals surface area contributed by atoms with E-state index in [1.807, 2.05) is 24.3 Å². The molecule has 1 N–H and O–H groups in total. The van der Waals surface area contributed by atoms with Crippen LogP contribution in [0.1, 0.15) is 26.2 Å². The highest BCUT2D eigenvalue weighted by atomic mass is 79.9.